The van der Waals surface area contributed by atoms with Crippen molar-refractivity contribution in [2.75, 3.05) is 19.8 Å². The summed E-state index contributed by atoms with van der Waals surface area (Å²) in [5.74, 6) is 0.186. The topological polar surface area (TPSA) is 69.2 Å². The summed E-state index contributed by atoms with van der Waals surface area (Å²) in [6.07, 6.45) is 5.69. The fourth-order valence-electron chi connectivity index (χ4n) is 2.99. The number of nitrogens with zero attached hydrogens (tertiary/aromatic N) is 1. The molecule has 2 aliphatic carbocycles. The van der Waals surface area contributed by atoms with Gasteiger partial charge in [-0.3, -0.25) is 4.79 Å². The zero-order valence-electron chi connectivity index (χ0n) is 12.6. The first kappa shape index (κ1) is 14.8. The number of nitrogens with one attached hydrogen (secondary N) is 1. The number of hydrogen-bond acceptors (Lipinski definition) is 5. The molecule has 0 aromatic rings. The molecule has 21 heavy (non-hydrogen) atoms. The van der Waals surface area contributed by atoms with Crippen LogP contribution in [0.4, 0.5) is 0 Å². The molecule has 1 atom stereocenters. The summed E-state index contributed by atoms with van der Waals surface area (Å²) in [4.78, 5) is 16.9. The van der Waals surface area contributed by atoms with E-state index in [1.54, 1.807) is 0 Å². The van der Waals surface area contributed by atoms with Crippen LogP contribution in [0.5, 0.6) is 0 Å². The minimum absolute atomic E-state index is 0.00129. The number of rotatable bonds is 5. The van der Waals surface area contributed by atoms with E-state index in [-0.39, 0.29) is 24.3 Å². The van der Waals surface area contributed by atoms with Crippen LogP contribution in [0, 0.1) is 5.92 Å². The summed E-state index contributed by atoms with van der Waals surface area (Å²) in [5.41, 5.74) is 0.989. The molecule has 1 aliphatic heterocycles. The molecule has 0 radical (unpaired) electrons. The lowest BCUT2D eigenvalue weighted by molar-refractivity contribution is -0.168. The molecule has 0 aromatic heterocycles. The highest BCUT2D eigenvalue weighted by Gasteiger charge is 2.39. The number of amides is 1. The van der Waals surface area contributed by atoms with Gasteiger partial charge in [-0.1, -0.05) is 5.16 Å². The summed E-state index contributed by atoms with van der Waals surface area (Å²) in [7, 11) is 0. The first-order valence-corrected chi connectivity index (χ1v) is 7.92. The van der Waals surface area contributed by atoms with Crippen LogP contribution in [0.1, 0.15) is 45.4 Å². The van der Waals surface area contributed by atoms with E-state index in [2.05, 4.69) is 10.5 Å². The van der Waals surface area contributed by atoms with Crippen LogP contribution in [0.3, 0.4) is 0 Å². The Morgan fingerprint density at radius 1 is 1.38 bits per heavy atom. The van der Waals surface area contributed by atoms with Crippen molar-refractivity contribution in [1.82, 2.24) is 5.32 Å². The van der Waals surface area contributed by atoms with Crippen molar-refractivity contribution >= 4 is 11.6 Å². The molecule has 1 amide bonds. The Morgan fingerprint density at radius 2 is 2.05 bits per heavy atom. The van der Waals surface area contributed by atoms with Gasteiger partial charge in [0.25, 0.3) is 5.91 Å². The van der Waals surface area contributed by atoms with E-state index in [0.29, 0.717) is 19.1 Å². The van der Waals surface area contributed by atoms with Crippen LogP contribution >= 0.6 is 0 Å². The fourth-order valence-corrected chi connectivity index (χ4v) is 2.99. The normalized spacial score (nSPS) is 25.7. The molecule has 0 unspecified atom stereocenters. The monoisotopic (exact) mass is 296 g/mol. The van der Waals surface area contributed by atoms with E-state index in [9.17, 15) is 4.79 Å². The predicted octanol–water partition coefficient (Wildman–Crippen LogP) is 1.59. The molecule has 3 aliphatic rings. The molecule has 0 aromatic carbocycles. The van der Waals surface area contributed by atoms with E-state index >= 15 is 0 Å². The van der Waals surface area contributed by atoms with Gasteiger partial charge < -0.3 is 19.6 Å². The number of oxime groups is 1. The minimum atomic E-state index is -0.379. The zero-order chi connectivity index (χ0) is 14.7. The minimum Gasteiger partial charge on any atom is -0.386 e. The van der Waals surface area contributed by atoms with Gasteiger partial charge in [-0.25, -0.2) is 0 Å². The third-order valence-electron chi connectivity index (χ3n) is 4.51. The number of carbonyl (C=O) groups is 1. The molecule has 1 saturated heterocycles. The molecular formula is C15H24N2O4. The average Bonchev–Trinajstić information content (AvgIpc) is 3.23. The van der Waals surface area contributed by atoms with E-state index in [0.717, 1.165) is 31.4 Å². The van der Waals surface area contributed by atoms with Crippen molar-refractivity contribution in [2.24, 2.45) is 11.1 Å². The maximum Gasteiger partial charge on any atom is 0.260 e. The smallest absolute Gasteiger partial charge is 0.260 e. The highest BCUT2D eigenvalue weighted by Crippen LogP contribution is 2.34. The summed E-state index contributed by atoms with van der Waals surface area (Å²) in [6.45, 7) is 3.41. The molecule has 3 fully saturated rings. The number of ether oxygens (including phenoxy) is 2. The van der Waals surface area contributed by atoms with E-state index in [1.165, 1.54) is 12.8 Å². The highest BCUT2D eigenvalue weighted by atomic mass is 16.7. The maximum atomic E-state index is 11.7. The second kappa shape index (κ2) is 6.32. The zero-order valence-corrected chi connectivity index (χ0v) is 12.6. The van der Waals surface area contributed by atoms with E-state index in [4.69, 9.17) is 14.3 Å². The Labute approximate surface area is 125 Å². The Balaban J connectivity index is 1.35. The number of hydrogen-bond donors (Lipinski definition) is 1. The molecule has 6 heteroatoms. The molecular weight excluding hydrogens is 272 g/mol. The Bertz CT molecular complexity index is 402. The van der Waals surface area contributed by atoms with E-state index < -0.39 is 0 Å². The lowest BCUT2D eigenvalue weighted by Gasteiger charge is -2.31. The molecule has 1 spiro atoms. The average molecular weight is 296 g/mol. The molecule has 118 valence electrons. The second-order valence-corrected chi connectivity index (χ2v) is 6.23. The Morgan fingerprint density at radius 3 is 2.67 bits per heavy atom. The van der Waals surface area contributed by atoms with Crippen LogP contribution < -0.4 is 5.32 Å². The highest BCUT2D eigenvalue weighted by molar-refractivity contribution is 5.85. The molecule has 6 nitrogen and oxygen atoms in total. The van der Waals surface area contributed by atoms with Gasteiger partial charge in [0.2, 0.25) is 0 Å². The van der Waals surface area contributed by atoms with E-state index in [1.807, 2.05) is 6.92 Å². The van der Waals surface area contributed by atoms with Crippen molar-refractivity contribution in [3.8, 4) is 0 Å². The molecule has 2 saturated carbocycles. The summed E-state index contributed by atoms with van der Waals surface area (Å²) >= 11 is 0. The van der Waals surface area contributed by atoms with Gasteiger partial charge in [0.15, 0.2) is 12.4 Å². The fraction of sp³-hybridized carbons (Fsp3) is 0.867. The SMILES string of the molecule is C[C@H](NC(=O)CON=C1CCC2(CC1)OCCO2)C1CC1. The maximum absolute atomic E-state index is 11.7. The molecule has 1 N–H and O–H groups in total. The van der Waals surface area contributed by atoms with Gasteiger partial charge in [-0.15, -0.1) is 0 Å². The second-order valence-electron chi connectivity index (χ2n) is 6.23. The van der Waals surface area contributed by atoms with Crippen LogP contribution in [0.15, 0.2) is 5.16 Å². The lowest BCUT2D eigenvalue weighted by atomic mass is 9.92. The van der Waals surface area contributed by atoms with Gasteiger partial charge in [-0.2, -0.15) is 0 Å². The summed E-state index contributed by atoms with van der Waals surface area (Å²) in [6, 6.07) is 0.250. The van der Waals surface area contributed by atoms with Gasteiger partial charge in [0.1, 0.15) is 0 Å². The van der Waals surface area contributed by atoms with Crippen molar-refractivity contribution < 1.29 is 19.1 Å². The molecule has 1 heterocycles. The quantitative estimate of drug-likeness (QED) is 0.782. The standard InChI is InChI=1S/C15H24N2O4/c1-11(12-2-3-12)16-14(18)10-21-17-13-4-6-15(7-5-13)19-8-9-20-15/h11-12H,2-10H2,1H3,(H,16,18)/t11-/m0/s1. The van der Waals surface area contributed by atoms with Crippen LogP contribution in [-0.2, 0) is 19.1 Å². The largest absolute Gasteiger partial charge is 0.386 e. The first-order chi connectivity index (χ1) is 10.2. The van der Waals surface area contributed by atoms with Crippen LogP contribution in [0.2, 0.25) is 0 Å². The lowest BCUT2D eigenvalue weighted by Crippen LogP contribution is -2.36. The summed E-state index contributed by atoms with van der Waals surface area (Å²) < 4.78 is 11.3. The van der Waals surface area contributed by atoms with Gasteiger partial charge in [0.05, 0.1) is 18.9 Å². The molecule has 3 rings (SSSR count). The van der Waals surface area contributed by atoms with Gasteiger partial charge in [-0.05, 0) is 38.5 Å². The van der Waals surface area contributed by atoms with Crippen molar-refractivity contribution in [2.45, 2.75) is 57.3 Å². The van der Waals surface area contributed by atoms with Crippen molar-refractivity contribution in [3.05, 3.63) is 0 Å². The number of carbonyl (C=O) groups excluding carboxylic acids is 1. The Kier molecular flexibility index (Phi) is 4.45. The van der Waals surface area contributed by atoms with Gasteiger partial charge >= 0.3 is 0 Å². The van der Waals surface area contributed by atoms with Crippen LogP contribution in [0.25, 0.3) is 0 Å². The first-order valence-electron chi connectivity index (χ1n) is 7.92. The Hall–Kier alpha value is -1.14. The summed E-state index contributed by atoms with van der Waals surface area (Å²) in [5, 5.41) is 7.04. The van der Waals surface area contributed by atoms with Crippen LogP contribution in [-0.4, -0.2) is 43.3 Å². The third kappa shape index (κ3) is 3.95. The van der Waals surface area contributed by atoms with Crippen molar-refractivity contribution in [3.63, 3.8) is 0 Å². The van der Waals surface area contributed by atoms with Gasteiger partial charge in [0, 0.05) is 18.9 Å². The molecule has 0 bridgehead atoms. The predicted molar refractivity (Wildman–Crippen MR) is 76.8 cm³/mol. The van der Waals surface area contributed by atoms with Crippen molar-refractivity contribution in [1.29, 1.82) is 0 Å². The third-order valence-corrected chi connectivity index (χ3v) is 4.51.